The lowest BCUT2D eigenvalue weighted by atomic mass is 9.87. The van der Waals surface area contributed by atoms with Gasteiger partial charge < -0.3 is 0 Å². The summed E-state index contributed by atoms with van der Waals surface area (Å²) in [5, 5.41) is 18.3. The van der Waals surface area contributed by atoms with Gasteiger partial charge in [-0.25, -0.2) is 0 Å². The highest BCUT2D eigenvalue weighted by molar-refractivity contribution is 8.03. The van der Waals surface area contributed by atoms with Crippen molar-refractivity contribution in [1.29, 1.82) is 0 Å². The summed E-state index contributed by atoms with van der Waals surface area (Å²) in [7, 11) is 0. The molecule has 0 radical (unpaired) electrons. The molecule has 0 bridgehead atoms. The minimum absolute atomic E-state index is 0.00121. The summed E-state index contributed by atoms with van der Waals surface area (Å²) in [6.45, 7) is 0. The predicted molar refractivity (Wildman–Crippen MR) is 219 cm³/mol. The summed E-state index contributed by atoms with van der Waals surface area (Å²) in [5.74, 6) is 0.300. The minimum Gasteiger partial charge on any atom is -0.293 e. The molecular formula is C46H38N4S2. The molecular weight excluding hydrogens is 673 g/mol. The van der Waals surface area contributed by atoms with E-state index < -0.39 is 0 Å². The van der Waals surface area contributed by atoms with Crippen molar-refractivity contribution in [2.75, 3.05) is 0 Å². The molecule has 52 heavy (non-hydrogen) atoms. The van der Waals surface area contributed by atoms with E-state index >= 15 is 0 Å². The summed E-state index contributed by atoms with van der Waals surface area (Å²) in [6.07, 6.45) is 6.86. The molecule has 254 valence electrons. The van der Waals surface area contributed by atoms with Gasteiger partial charge in [0.1, 0.15) is 0 Å². The first-order valence-corrected chi connectivity index (χ1v) is 19.7. The van der Waals surface area contributed by atoms with Crippen molar-refractivity contribution in [3.05, 3.63) is 203 Å². The average Bonchev–Trinajstić information content (AvgIpc) is 3.83. The molecule has 1 aromatic heterocycles. The second kappa shape index (κ2) is 13.6. The lowest BCUT2D eigenvalue weighted by Crippen LogP contribution is -2.54. The van der Waals surface area contributed by atoms with E-state index in [1.807, 2.05) is 23.1 Å². The molecule has 1 aliphatic carbocycles. The second-order valence-electron chi connectivity index (χ2n) is 13.8. The van der Waals surface area contributed by atoms with Gasteiger partial charge in [0.25, 0.3) is 0 Å². The molecule has 0 spiro atoms. The zero-order valence-electron chi connectivity index (χ0n) is 28.4. The van der Waals surface area contributed by atoms with Crippen LogP contribution >= 0.6 is 23.1 Å². The standard InChI is InChI=1S/C46H38N4S2/c1-4-12-29(13-5-1)43-48-44(30-14-6-2-7-15-30)50-45(49-43)35-19-10-18-32(26-35)33-22-24-37-38-25-23-34(28-41(38)51-40(37)27-33)36-20-11-21-39-42(36)47-46(52-39)31-16-8-3-9-17-31/h1-28,36,42-50H. The predicted octanol–water partition coefficient (Wildman–Crippen LogP) is 10.8. The monoisotopic (exact) mass is 710 g/mol. The second-order valence-corrected chi connectivity index (χ2v) is 16.1. The Bertz CT molecular complexity index is 2390. The maximum Gasteiger partial charge on any atom is 0.0864 e. The highest BCUT2D eigenvalue weighted by atomic mass is 32.2. The molecule has 2 aliphatic heterocycles. The average molecular weight is 711 g/mol. The van der Waals surface area contributed by atoms with Crippen LogP contribution in [0.15, 0.2) is 175 Å². The quantitative estimate of drug-likeness (QED) is 0.138. The fourth-order valence-electron chi connectivity index (χ4n) is 7.98. The fraction of sp³-hybridized carbons (Fsp3) is 0.130. The number of nitrogens with one attached hydrogen (secondary N) is 4. The third-order valence-corrected chi connectivity index (χ3v) is 13.1. The first-order chi connectivity index (χ1) is 25.7. The Balaban J connectivity index is 0.934. The molecule has 0 saturated carbocycles. The smallest absolute Gasteiger partial charge is 0.0864 e. The molecule has 3 heterocycles. The van der Waals surface area contributed by atoms with Gasteiger partial charge in [-0.3, -0.25) is 21.3 Å². The van der Waals surface area contributed by atoms with E-state index in [4.69, 9.17) is 0 Å². The molecule has 0 amide bonds. The number of benzene rings is 6. The number of hydrogen-bond acceptors (Lipinski definition) is 6. The van der Waals surface area contributed by atoms with Gasteiger partial charge in [-0.1, -0.05) is 152 Å². The van der Waals surface area contributed by atoms with Crippen molar-refractivity contribution in [3.63, 3.8) is 0 Å². The van der Waals surface area contributed by atoms with E-state index in [2.05, 4.69) is 191 Å². The number of thiophene rings is 1. The number of thioether (sulfide) groups is 1. The van der Waals surface area contributed by atoms with Gasteiger partial charge in [0.2, 0.25) is 0 Å². The van der Waals surface area contributed by atoms with E-state index in [0.29, 0.717) is 12.0 Å². The van der Waals surface area contributed by atoms with Gasteiger partial charge in [0.05, 0.1) is 23.9 Å². The van der Waals surface area contributed by atoms with E-state index in [-0.39, 0.29) is 23.9 Å². The number of fused-ring (bicyclic) bond motifs is 4. The maximum absolute atomic E-state index is 3.94. The van der Waals surface area contributed by atoms with Crippen molar-refractivity contribution in [3.8, 4) is 11.1 Å². The van der Waals surface area contributed by atoms with Crippen LogP contribution in [0.1, 0.15) is 57.6 Å². The molecule has 2 saturated heterocycles. The number of hydrogen-bond donors (Lipinski definition) is 4. The summed E-state index contributed by atoms with van der Waals surface area (Å²) < 4.78 is 2.66. The van der Waals surface area contributed by atoms with Crippen LogP contribution in [-0.2, 0) is 0 Å². The van der Waals surface area contributed by atoms with Crippen LogP contribution in [0.5, 0.6) is 0 Å². The highest BCUT2D eigenvalue weighted by Gasteiger charge is 2.36. The lowest BCUT2D eigenvalue weighted by molar-refractivity contribution is 0.203. The van der Waals surface area contributed by atoms with Crippen LogP contribution < -0.4 is 21.3 Å². The van der Waals surface area contributed by atoms with Gasteiger partial charge in [-0.05, 0) is 57.1 Å². The summed E-state index contributed by atoms with van der Waals surface area (Å²) in [5.41, 5.74) is 8.80. The number of rotatable bonds is 6. The third-order valence-electron chi connectivity index (χ3n) is 10.6. The van der Waals surface area contributed by atoms with Gasteiger partial charge in [0, 0.05) is 37.0 Å². The Morgan fingerprint density at radius 3 is 1.71 bits per heavy atom. The summed E-state index contributed by atoms with van der Waals surface area (Å²) >= 11 is 3.85. The number of allylic oxidation sites excluding steroid dienone is 2. The Morgan fingerprint density at radius 1 is 0.442 bits per heavy atom. The van der Waals surface area contributed by atoms with E-state index in [0.717, 1.165) is 0 Å². The molecule has 5 atom stereocenters. The highest BCUT2D eigenvalue weighted by Crippen LogP contribution is 2.48. The van der Waals surface area contributed by atoms with Crippen LogP contribution in [0.4, 0.5) is 0 Å². The SMILES string of the molecule is C1=CC(c2ccc3c(c2)sc2cc(-c4cccc(C5NC(c6ccccc6)NC(c6ccccc6)N5)c4)ccc23)C2NC(c3ccccc3)SC2=C1. The first-order valence-electron chi connectivity index (χ1n) is 18.0. The molecule has 5 unspecified atom stereocenters. The first kappa shape index (κ1) is 31.9. The zero-order valence-corrected chi connectivity index (χ0v) is 30.1. The van der Waals surface area contributed by atoms with E-state index in [9.17, 15) is 0 Å². The van der Waals surface area contributed by atoms with E-state index in [1.165, 1.54) is 64.0 Å². The van der Waals surface area contributed by atoms with Crippen molar-refractivity contribution in [1.82, 2.24) is 21.3 Å². The maximum atomic E-state index is 3.94. The van der Waals surface area contributed by atoms with Gasteiger partial charge >= 0.3 is 0 Å². The van der Waals surface area contributed by atoms with Crippen LogP contribution in [0.25, 0.3) is 31.3 Å². The largest absolute Gasteiger partial charge is 0.293 e. The summed E-state index contributed by atoms with van der Waals surface area (Å²) in [4.78, 5) is 1.42. The van der Waals surface area contributed by atoms with Gasteiger partial charge in [-0.2, -0.15) is 0 Å². The fourth-order valence-corrected chi connectivity index (χ4v) is 10.5. The molecule has 6 heteroatoms. The zero-order chi connectivity index (χ0) is 34.4. The van der Waals surface area contributed by atoms with Gasteiger partial charge in [0.15, 0.2) is 0 Å². The minimum atomic E-state index is -0.0389. The third kappa shape index (κ3) is 6.01. The summed E-state index contributed by atoms with van der Waals surface area (Å²) in [6, 6.07) is 55.4. The molecule has 3 aliphatic rings. The Kier molecular flexibility index (Phi) is 8.37. The van der Waals surface area contributed by atoms with Crippen molar-refractivity contribution >= 4 is 43.3 Å². The van der Waals surface area contributed by atoms with Crippen molar-refractivity contribution in [2.24, 2.45) is 0 Å². The molecule has 2 fully saturated rings. The topological polar surface area (TPSA) is 48.1 Å². The van der Waals surface area contributed by atoms with Crippen LogP contribution in [0, 0.1) is 0 Å². The molecule has 4 N–H and O–H groups in total. The van der Waals surface area contributed by atoms with Crippen LogP contribution in [0.3, 0.4) is 0 Å². The Hall–Kier alpha value is -4.79. The molecule has 4 nitrogen and oxygen atoms in total. The van der Waals surface area contributed by atoms with E-state index in [1.54, 1.807) is 0 Å². The Labute approximate surface area is 312 Å². The van der Waals surface area contributed by atoms with Crippen LogP contribution in [0.2, 0.25) is 0 Å². The normalized spacial score (nSPS) is 24.2. The van der Waals surface area contributed by atoms with Gasteiger partial charge in [-0.15, -0.1) is 23.1 Å². The van der Waals surface area contributed by atoms with Crippen molar-refractivity contribution in [2.45, 2.75) is 35.8 Å². The molecule has 10 rings (SSSR count). The van der Waals surface area contributed by atoms with Crippen molar-refractivity contribution < 1.29 is 0 Å². The Morgan fingerprint density at radius 2 is 1.02 bits per heavy atom. The van der Waals surface area contributed by atoms with Crippen LogP contribution in [-0.4, -0.2) is 6.04 Å². The lowest BCUT2D eigenvalue weighted by Gasteiger charge is -2.39. The molecule has 7 aromatic rings. The molecule has 6 aromatic carbocycles.